The van der Waals surface area contributed by atoms with E-state index in [1.165, 1.54) is 17.5 Å². The summed E-state index contributed by atoms with van der Waals surface area (Å²) < 4.78 is 1.70. The van der Waals surface area contributed by atoms with Crippen LogP contribution in [0.5, 0.6) is 0 Å². The average Bonchev–Trinajstić information content (AvgIpc) is 3.05. The lowest BCUT2D eigenvalue weighted by molar-refractivity contribution is -0.135. The molecule has 0 saturated carbocycles. The minimum atomic E-state index is -0.114. The van der Waals surface area contributed by atoms with Crippen LogP contribution >= 0.6 is 0 Å². The Balaban J connectivity index is 1.98. The number of rotatable bonds is 7. The van der Waals surface area contributed by atoms with Gasteiger partial charge in [-0.1, -0.05) is 38.1 Å². The van der Waals surface area contributed by atoms with Crippen molar-refractivity contribution in [2.75, 3.05) is 6.54 Å². The van der Waals surface area contributed by atoms with Crippen molar-refractivity contribution in [1.29, 1.82) is 0 Å². The standard InChI is InChI=1S/C17H24N4O/c1-4-15-6-8-16(9-7-15)11-20(5-2)17(22)14(3)10-21-13-18-12-19-21/h6-9,12-14H,4-5,10-11H2,1-3H3. The summed E-state index contributed by atoms with van der Waals surface area (Å²) in [6.07, 6.45) is 4.17. The lowest BCUT2D eigenvalue weighted by Crippen LogP contribution is -2.36. The fourth-order valence-corrected chi connectivity index (χ4v) is 2.44. The predicted octanol–water partition coefficient (Wildman–Crippen LogP) is 2.53. The van der Waals surface area contributed by atoms with E-state index in [4.69, 9.17) is 0 Å². The summed E-state index contributed by atoms with van der Waals surface area (Å²) in [5.74, 6) is 0.0362. The molecule has 0 radical (unpaired) electrons. The molecule has 0 saturated heterocycles. The van der Waals surface area contributed by atoms with Crippen molar-refractivity contribution in [3.63, 3.8) is 0 Å². The highest BCUT2D eigenvalue weighted by Crippen LogP contribution is 2.12. The second kappa shape index (κ2) is 7.73. The van der Waals surface area contributed by atoms with Crippen molar-refractivity contribution in [3.05, 3.63) is 48.0 Å². The van der Waals surface area contributed by atoms with Gasteiger partial charge >= 0.3 is 0 Å². The van der Waals surface area contributed by atoms with Crippen LogP contribution in [0.2, 0.25) is 0 Å². The average molecular weight is 300 g/mol. The van der Waals surface area contributed by atoms with E-state index in [-0.39, 0.29) is 11.8 Å². The molecule has 5 nitrogen and oxygen atoms in total. The molecule has 5 heteroatoms. The van der Waals surface area contributed by atoms with E-state index in [1.807, 2.05) is 18.7 Å². The number of hydrogen-bond donors (Lipinski definition) is 0. The zero-order valence-corrected chi connectivity index (χ0v) is 13.6. The van der Waals surface area contributed by atoms with E-state index in [0.29, 0.717) is 19.6 Å². The van der Waals surface area contributed by atoms with E-state index in [0.717, 1.165) is 6.42 Å². The normalized spacial score (nSPS) is 12.1. The Hall–Kier alpha value is -2.17. The van der Waals surface area contributed by atoms with Gasteiger partial charge in [-0.05, 0) is 24.5 Å². The molecule has 0 aliphatic heterocycles. The fourth-order valence-electron chi connectivity index (χ4n) is 2.44. The Morgan fingerprint density at radius 1 is 1.23 bits per heavy atom. The lowest BCUT2D eigenvalue weighted by atomic mass is 10.1. The molecule has 1 aromatic heterocycles. The fraction of sp³-hybridized carbons (Fsp3) is 0.471. The first-order chi connectivity index (χ1) is 10.6. The highest BCUT2D eigenvalue weighted by atomic mass is 16.2. The van der Waals surface area contributed by atoms with E-state index in [1.54, 1.807) is 11.0 Å². The van der Waals surface area contributed by atoms with Gasteiger partial charge in [-0.15, -0.1) is 0 Å². The molecule has 22 heavy (non-hydrogen) atoms. The third-order valence-corrected chi connectivity index (χ3v) is 3.85. The van der Waals surface area contributed by atoms with Gasteiger partial charge in [0.15, 0.2) is 0 Å². The van der Waals surface area contributed by atoms with Crippen molar-refractivity contribution in [2.45, 2.75) is 40.3 Å². The summed E-state index contributed by atoms with van der Waals surface area (Å²) in [5, 5.41) is 4.06. The first-order valence-corrected chi connectivity index (χ1v) is 7.83. The number of nitrogens with zero attached hydrogens (tertiary/aromatic N) is 4. The second-order valence-electron chi connectivity index (χ2n) is 5.54. The Morgan fingerprint density at radius 3 is 2.45 bits per heavy atom. The van der Waals surface area contributed by atoms with Gasteiger partial charge in [-0.3, -0.25) is 9.48 Å². The van der Waals surface area contributed by atoms with Crippen LogP contribution in [-0.2, 0) is 24.3 Å². The summed E-state index contributed by atoms with van der Waals surface area (Å²) in [6.45, 7) is 8.01. The third kappa shape index (κ3) is 4.16. The van der Waals surface area contributed by atoms with Gasteiger partial charge in [0.05, 0.1) is 12.5 Å². The van der Waals surface area contributed by atoms with Gasteiger partial charge < -0.3 is 4.90 Å². The largest absolute Gasteiger partial charge is 0.338 e. The van der Waals surface area contributed by atoms with Gasteiger partial charge in [0.2, 0.25) is 5.91 Å². The number of benzene rings is 1. The molecule has 1 heterocycles. The molecule has 1 amide bonds. The van der Waals surface area contributed by atoms with Crippen LogP contribution in [0.3, 0.4) is 0 Å². The molecule has 1 atom stereocenters. The van der Waals surface area contributed by atoms with Gasteiger partial charge in [-0.2, -0.15) is 5.10 Å². The number of hydrogen-bond acceptors (Lipinski definition) is 3. The van der Waals surface area contributed by atoms with Crippen LogP contribution in [0.15, 0.2) is 36.9 Å². The monoisotopic (exact) mass is 300 g/mol. The lowest BCUT2D eigenvalue weighted by Gasteiger charge is -2.24. The van der Waals surface area contributed by atoms with Crippen LogP contribution in [0.25, 0.3) is 0 Å². The van der Waals surface area contributed by atoms with Gasteiger partial charge in [0.1, 0.15) is 12.7 Å². The SMILES string of the molecule is CCc1ccc(CN(CC)C(=O)C(C)Cn2cncn2)cc1. The maximum Gasteiger partial charge on any atom is 0.227 e. The van der Waals surface area contributed by atoms with Crippen molar-refractivity contribution in [3.8, 4) is 0 Å². The number of aromatic nitrogens is 3. The Bertz CT molecular complexity index is 577. The second-order valence-corrected chi connectivity index (χ2v) is 5.54. The molecule has 0 aliphatic carbocycles. The highest BCUT2D eigenvalue weighted by molar-refractivity contribution is 5.78. The molecule has 1 unspecified atom stereocenters. The predicted molar refractivity (Wildman–Crippen MR) is 86.1 cm³/mol. The van der Waals surface area contributed by atoms with Gasteiger partial charge in [0, 0.05) is 13.1 Å². The Morgan fingerprint density at radius 2 is 1.91 bits per heavy atom. The van der Waals surface area contributed by atoms with E-state index < -0.39 is 0 Å². The van der Waals surface area contributed by atoms with Crippen molar-refractivity contribution >= 4 is 5.91 Å². The molecular formula is C17H24N4O. The molecule has 118 valence electrons. The summed E-state index contributed by atoms with van der Waals surface area (Å²) in [5.41, 5.74) is 2.48. The molecule has 0 N–H and O–H groups in total. The summed E-state index contributed by atoms with van der Waals surface area (Å²) in [7, 11) is 0. The first kappa shape index (κ1) is 16.2. The topological polar surface area (TPSA) is 51.0 Å². The van der Waals surface area contributed by atoms with Crippen molar-refractivity contribution in [2.24, 2.45) is 5.92 Å². The van der Waals surface area contributed by atoms with Crippen LogP contribution in [0, 0.1) is 5.92 Å². The van der Waals surface area contributed by atoms with Crippen LogP contribution in [0.4, 0.5) is 0 Å². The van der Waals surface area contributed by atoms with E-state index in [9.17, 15) is 4.79 Å². The van der Waals surface area contributed by atoms with Crippen molar-refractivity contribution < 1.29 is 4.79 Å². The molecule has 2 aromatic rings. The maximum absolute atomic E-state index is 12.6. The zero-order chi connectivity index (χ0) is 15.9. The van der Waals surface area contributed by atoms with Crippen molar-refractivity contribution in [1.82, 2.24) is 19.7 Å². The number of amides is 1. The number of aryl methyl sites for hydroxylation is 1. The minimum absolute atomic E-state index is 0.114. The van der Waals surface area contributed by atoms with E-state index in [2.05, 4.69) is 41.3 Å². The zero-order valence-electron chi connectivity index (χ0n) is 13.6. The maximum atomic E-state index is 12.6. The molecule has 0 aliphatic rings. The summed E-state index contributed by atoms with van der Waals surface area (Å²) in [6, 6.07) is 8.48. The molecule has 1 aromatic carbocycles. The highest BCUT2D eigenvalue weighted by Gasteiger charge is 2.20. The molecule has 0 bridgehead atoms. The van der Waals surface area contributed by atoms with Crippen LogP contribution in [0.1, 0.15) is 31.9 Å². The Labute approximate surface area is 132 Å². The quantitative estimate of drug-likeness (QED) is 0.789. The molecular weight excluding hydrogens is 276 g/mol. The van der Waals surface area contributed by atoms with E-state index >= 15 is 0 Å². The summed E-state index contributed by atoms with van der Waals surface area (Å²) >= 11 is 0. The summed E-state index contributed by atoms with van der Waals surface area (Å²) in [4.78, 5) is 18.4. The van der Waals surface area contributed by atoms with Crippen LogP contribution in [-0.4, -0.2) is 32.1 Å². The third-order valence-electron chi connectivity index (χ3n) is 3.85. The Kier molecular flexibility index (Phi) is 5.69. The molecule has 0 spiro atoms. The number of carbonyl (C=O) groups excluding carboxylic acids is 1. The first-order valence-electron chi connectivity index (χ1n) is 7.83. The number of carbonyl (C=O) groups is 1. The van der Waals surface area contributed by atoms with Crippen LogP contribution < -0.4 is 0 Å². The van der Waals surface area contributed by atoms with Gasteiger partial charge in [0.25, 0.3) is 0 Å². The molecule has 0 fully saturated rings. The molecule has 2 rings (SSSR count). The van der Waals surface area contributed by atoms with Gasteiger partial charge in [-0.25, -0.2) is 4.98 Å². The smallest absolute Gasteiger partial charge is 0.227 e. The minimum Gasteiger partial charge on any atom is -0.338 e.